The molecule has 1 aromatic heterocycles. The van der Waals surface area contributed by atoms with Gasteiger partial charge in [-0.05, 0) is 4.92 Å². The van der Waals surface area contributed by atoms with Crippen molar-refractivity contribution < 1.29 is 14.8 Å². The number of hydrogen-bond acceptors (Lipinski definition) is 6. The lowest BCUT2D eigenvalue weighted by atomic mass is 10.2. The van der Waals surface area contributed by atoms with E-state index in [1.54, 1.807) is 18.7 Å². The summed E-state index contributed by atoms with van der Waals surface area (Å²) in [7, 11) is 0. The van der Waals surface area contributed by atoms with Gasteiger partial charge < -0.3 is 15.2 Å². The smallest absolute Gasteiger partial charge is 0.342 e. The second-order valence-electron chi connectivity index (χ2n) is 4.54. The Morgan fingerprint density at radius 2 is 2.40 bits per heavy atom. The molecule has 1 aliphatic heterocycles. The van der Waals surface area contributed by atoms with E-state index >= 15 is 0 Å². The van der Waals surface area contributed by atoms with E-state index < -0.39 is 16.9 Å². The first kappa shape index (κ1) is 14.8. The third-order valence-electron chi connectivity index (χ3n) is 3.36. The molecule has 1 N–H and O–H groups in total. The number of aromatic nitrogens is 2. The van der Waals surface area contributed by atoms with Crippen molar-refractivity contribution in [2.75, 3.05) is 24.6 Å². The van der Waals surface area contributed by atoms with Crippen LogP contribution in [0.3, 0.4) is 0 Å². The van der Waals surface area contributed by atoms with Crippen molar-refractivity contribution in [1.82, 2.24) is 14.5 Å². The zero-order valence-corrected chi connectivity index (χ0v) is 11.9. The third-order valence-corrected chi connectivity index (χ3v) is 4.38. The van der Waals surface area contributed by atoms with E-state index in [-0.39, 0.29) is 5.82 Å². The lowest BCUT2D eigenvalue weighted by Gasteiger charge is -2.31. The van der Waals surface area contributed by atoms with Crippen LogP contribution in [-0.2, 0) is 11.3 Å². The van der Waals surface area contributed by atoms with Gasteiger partial charge >= 0.3 is 11.8 Å². The van der Waals surface area contributed by atoms with E-state index in [0.717, 1.165) is 5.75 Å². The number of carboxylic acids is 1. The first-order chi connectivity index (χ1) is 9.50. The number of carbonyl (C=O) groups is 1. The van der Waals surface area contributed by atoms with Gasteiger partial charge in [-0.25, -0.2) is 9.55 Å². The quantitative estimate of drug-likeness (QED) is 0.627. The molecule has 1 unspecified atom stereocenters. The Kier molecular flexibility index (Phi) is 4.61. The minimum Gasteiger partial charge on any atom is -0.480 e. The van der Waals surface area contributed by atoms with Crippen molar-refractivity contribution in [1.29, 1.82) is 0 Å². The average molecular weight is 300 g/mol. The number of aliphatic carboxylic acids is 1. The molecule has 0 spiro atoms. The summed E-state index contributed by atoms with van der Waals surface area (Å²) in [5.41, 5.74) is 0. The first-order valence-corrected chi connectivity index (χ1v) is 7.37. The van der Waals surface area contributed by atoms with Crippen molar-refractivity contribution in [2.24, 2.45) is 0 Å². The second kappa shape index (κ2) is 6.23. The molecule has 1 saturated heterocycles. The normalized spacial score (nSPS) is 19.9. The zero-order chi connectivity index (χ0) is 14.7. The summed E-state index contributed by atoms with van der Waals surface area (Å²) in [6.07, 6.45) is 1.23. The molecule has 0 radical (unpaired) electrons. The van der Waals surface area contributed by atoms with E-state index in [9.17, 15) is 20.0 Å². The Balaban J connectivity index is 2.06. The largest absolute Gasteiger partial charge is 0.480 e. The molecular formula is C11H16N4O4S. The Bertz CT molecular complexity index is 519. The predicted octanol–water partition coefficient (Wildman–Crippen LogP) is 0.602. The third kappa shape index (κ3) is 3.10. The van der Waals surface area contributed by atoms with Crippen molar-refractivity contribution in [3.8, 4) is 0 Å². The van der Waals surface area contributed by atoms with Crippen LogP contribution in [0, 0.1) is 17.0 Å². The zero-order valence-electron chi connectivity index (χ0n) is 11.1. The van der Waals surface area contributed by atoms with Crippen molar-refractivity contribution in [3.63, 3.8) is 0 Å². The van der Waals surface area contributed by atoms with Crippen LogP contribution in [0.2, 0.25) is 0 Å². The van der Waals surface area contributed by atoms with Crippen LogP contribution in [0.15, 0.2) is 6.20 Å². The maximum absolute atomic E-state index is 11.2. The van der Waals surface area contributed by atoms with E-state index in [1.165, 1.54) is 10.8 Å². The van der Waals surface area contributed by atoms with Gasteiger partial charge in [0.15, 0.2) is 5.82 Å². The van der Waals surface area contributed by atoms with Crippen LogP contribution >= 0.6 is 11.8 Å². The highest BCUT2D eigenvalue weighted by molar-refractivity contribution is 7.99. The number of nitro groups is 1. The number of rotatable bonds is 5. The van der Waals surface area contributed by atoms with Crippen LogP contribution in [0.1, 0.15) is 5.82 Å². The minimum atomic E-state index is -0.839. The molecule has 1 fully saturated rings. The SMILES string of the molecule is Cc1ncc([N+](=O)[O-])n1CCN1CCSCC1C(=O)O. The highest BCUT2D eigenvalue weighted by atomic mass is 32.2. The Hall–Kier alpha value is -1.61. The molecule has 2 heterocycles. The maximum Gasteiger partial charge on any atom is 0.342 e. The van der Waals surface area contributed by atoms with Gasteiger partial charge in [-0.15, -0.1) is 0 Å². The van der Waals surface area contributed by atoms with Gasteiger partial charge in [0.05, 0.1) is 0 Å². The van der Waals surface area contributed by atoms with E-state index in [2.05, 4.69) is 4.98 Å². The lowest BCUT2D eigenvalue weighted by Crippen LogP contribution is -2.48. The van der Waals surface area contributed by atoms with Crippen molar-refractivity contribution in [3.05, 3.63) is 22.1 Å². The fraction of sp³-hybridized carbons (Fsp3) is 0.636. The van der Waals surface area contributed by atoms with Crippen LogP contribution in [0.5, 0.6) is 0 Å². The van der Waals surface area contributed by atoms with Crippen molar-refractivity contribution >= 4 is 23.5 Å². The molecule has 1 aromatic rings. The Labute approximate surface area is 119 Å². The molecule has 0 amide bonds. The molecule has 0 bridgehead atoms. The van der Waals surface area contributed by atoms with Gasteiger partial charge in [0.1, 0.15) is 18.8 Å². The van der Waals surface area contributed by atoms with E-state index in [4.69, 9.17) is 0 Å². The molecular weight excluding hydrogens is 284 g/mol. The summed E-state index contributed by atoms with van der Waals surface area (Å²) in [6.45, 7) is 3.23. The monoisotopic (exact) mass is 300 g/mol. The number of imidazole rings is 1. The Morgan fingerprint density at radius 1 is 1.65 bits per heavy atom. The molecule has 20 heavy (non-hydrogen) atoms. The van der Waals surface area contributed by atoms with Crippen LogP contribution in [-0.4, -0.2) is 61.1 Å². The van der Waals surface area contributed by atoms with Crippen molar-refractivity contribution in [2.45, 2.75) is 19.5 Å². The number of carboxylic acid groups (broad SMARTS) is 1. The summed E-state index contributed by atoms with van der Waals surface area (Å²) >= 11 is 1.62. The summed E-state index contributed by atoms with van der Waals surface area (Å²) in [5, 5.41) is 20.1. The molecule has 0 aromatic carbocycles. The molecule has 1 atom stereocenters. The van der Waals surface area contributed by atoms with Gasteiger partial charge in [-0.1, -0.05) is 0 Å². The minimum absolute atomic E-state index is 0.0549. The number of nitrogens with zero attached hydrogens (tertiary/aromatic N) is 4. The fourth-order valence-corrected chi connectivity index (χ4v) is 3.35. The fourth-order valence-electron chi connectivity index (χ4n) is 2.24. The van der Waals surface area contributed by atoms with Gasteiger partial charge in [-0.2, -0.15) is 11.8 Å². The molecule has 110 valence electrons. The topological polar surface area (TPSA) is 102 Å². The molecule has 8 nitrogen and oxygen atoms in total. The molecule has 2 rings (SSSR count). The summed E-state index contributed by atoms with van der Waals surface area (Å²) in [4.78, 5) is 27.4. The van der Waals surface area contributed by atoms with E-state index in [0.29, 0.717) is 31.2 Å². The van der Waals surface area contributed by atoms with E-state index in [1.807, 2.05) is 4.90 Å². The van der Waals surface area contributed by atoms with Crippen LogP contribution in [0.25, 0.3) is 0 Å². The number of hydrogen-bond donors (Lipinski definition) is 1. The first-order valence-electron chi connectivity index (χ1n) is 6.22. The highest BCUT2D eigenvalue weighted by Gasteiger charge is 2.29. The Morgan fingerprint density at radius 3 is 3.05 bits per heavy atom. The summed E-state index contributed by atoms with van der Waals surface area (Å²) in [6, 6.07) is -0.517. The van der Waals surface area contributed by atoms with Gasteiger partial charge in [0, 0.05) is 31.5 Å². The molecule has 9 heteroatoms. The highest BCUT2D eigenvalue weighted by Crippen LogP contribution is 2.18. The average Bonchev–Trinajstić information content (AvgIpc) is 2.78. The predicted molar refractivity (Wildman–Crippen MR) is 73.9 cm³/mol. The van der Waals surface area contributed by atoms with Gasteiger partial charge in [-0.3, -0.25) is 9.69 Å². The lowest BCUT2D eigenvalue weighted by molar-refractivity contribution is -0.392. The standard InChI is InChI=1S/C11H16N4O4S/c1-8-12-6-10(15(18)19)14(8)3-2-13-4-5-20-7-9(13)11(16)17/h6,9H,2-5,7H2,1H3,(H,16,17). The van der Waals surface area contributed by atoms with Gasteiger partial charge in [0.25, 0.3) is 0 Å². The molecule has 0 saturated carbocycles. The number of aryl methyl sites for hydroxylation is 1. The summed E-state index contributed by atoms with van der Waals surface area (Å²) in [5.74, 6) is 1.11. The van der Waals surface area contributed by atoms with Gasteiger partial charge in [0.2, 0.25) is 0 Å². The number of thioether (sulfide) groups is 1. The second-order valence-corrected chi connectivity index (χ2v) is 5.69. The van der Waals surface area contributed by atoms with Crippen LogP contribution < -0.4 is 0 Å². The molecule has 1 aliphatic rings. The van der Waals surface area contributed by atoms with Crippen LogP contribution in [0.4, 0.5) is 5.82 Å². The maximum atomic E-state index is 11.2. The summed E-state index contributed by atoms with van der Waals surface area (Å²) < 4.78 is 1.51. The molecule has 0 aliphatic carbocycles.